The third-order valence-electron chi connectivity index (χ3n) is 9.41. The van der Waals surface area contributed by atoms with Crippen molar-refractivity contribution in [2.75, 3.05) is 56.7 Å². The second kappa shape index (κ2) is 18.4. The van der Waals surface area contributed by atoms with Crippen LogP contribution in [-0.2, 0) is 23.9 Å². The van der Waals surface area contributed by atoms with Gasteiger partial charge in [-0.1, -0.05) is 31.4 Å². The van der Waals surface area contributed by atoms with E-state index in [9.17, 15) is 28.8 Å². The van der Waals surface area contributed by atoms with E-state index in [1.807, 2.05) is 37.8 Å². The Balaban J connectivity index is 1.34. The Morgan fingerprint density at radius 3 is 2.36 bits per heavy atom. The molecule has 4 rings (SSSR count). The zero-order valence-corrected chi connectivity index (χ0v) is 32.6. The average Bonchev–Trinajstić information content (AvgIpc) is 3.59. The van der Waals surface area contributed by atoms with Gasteiger partial charge in [0.1, 0.15) is 18.2 Å². The number of ketones is 2. The molecule has 1 unspecified atom stereocenters. The van der Waals surface area contributed by atoms with E-state index in [1.54, 1.807) is 47.3 Å². The molecule has 1 saturated heterocycles. The van der Waals surface area contributed by atoms with E-state index in [1.165, 1.54) is 19.9 Å². The molecule has 290 valence electrons. The molecule has 1 atom stereocenters. The first-order valence-corrected chi connectivity index (χ1v) is 18.1. The van der Waals surface area contributed by atoms with Crippen molar-refractivity contribution in [1.82, 2.24) is 19.7 Å². The molecule has 1 aromatic carbocycles. The Bertz CT molecular complexity index is 2000. The van der Waals surface area contributed by atoms with Crippen molar-refractivity contribution in [3.8, 4) is 0 Å². The summed E-state index contributed by atoms with van der Waals surface area (Å²) < 4.78 is 5.65. The number of amides is 4. The highest BCUT2D eigenvalue weighted by molar-refractivity contribution is 6.23. The van der Waals surface area contributed by atoms with Crippen LogP contribution in [0.2, 0.25) is 0 Å². The largest absolute Gasteiger partial charge is 0.383 e. The maximum atomic E-state index is 13.7. The van der Waals surface area contributed by atoms with Crippen molar-refractivity contribution >= 4 is 52.4 Å². The third-order valence-corrected chi connectivity index (χ3v) is 9.41. The zero-order chi connectivity index (χ0) is 40.6. The van der Waals surface area contributed by atoms with E-state index < -0.39 is 17.9 Å². The standard InChI is InChI=1S/C42H50N6O7/c1-10-46(11-2)29(7)36-13-12-14-38(44-36)47-24-35(33(40(47)52)21-26(3)4)27(5)23-45(9)39(51)25-55-20-19-43-31-16-17-32-34(22-31)42(54)48(41(32)53)37(30(8)50)18-15-28(6)49/h10,12-14,16-17,21-22,37,43H,1,3,7,11,15,18-20,23-25H2,2,4-6,8-9H3/b33-21+,35-27+. The molecular formula is C42H50N6O7. The molecule has 3 heterocycles. The van der Waals surface area contributed by atoms with E-state index in [0.29, 0.717) is 47.1 Å². The number of ether oxygens (including phenoxy) is 1. The fourth-order valence-corrected chi connectivity index (χ4v) is 6.43. The minimum absolute atomic E-state index is 0.0772. The third kappa shape index (κ3) is 9.78. The van der Waals surface area contributed by atoms with Crippen LogP contribution in [0.1, 0.15) is 73.9 Å². The number of benzene rings is 1. The van der Waals surface area contributed by atoms with Crippen LogP contribution in [0.3, 0.4) is 0 Å². The number of likely N-dealkylation sites (N-methyl/N-ethyl adjacent to an activating group) is 1. The van der Waals surface area contributed by atoms with E-state index in [-0.39, 0.29) is 73.7 Å². The van der Waals surface area contributed by atoms with Gasteiger partial charge in [0.15, 0.2) is 5.78 Å². The first-order valence-electron chi connectivity index (χ1n) is 18.1. The number of aromatic nitrogens is 1. The van der Waals surface area contributed by atoms with Crippen molar-refractivity contribution in [3.05, 3.63) is 108 Å². The summed E-state index contributed by atoms with van der Waals surface area (Å²) in [6.45, 7) is 21.8. The molecule has 4 amide bonds. The van der Waals surface area contributed by atoms with Crippen LogP contribution in [0.25, 0.3) is 5.70 Å². The lowest BCUT2D eigenvalue weighted by Gasteiger charge is -2.23. The predicted octanol–water partition coefficient (Wildman–Crippen LogP) is 5.19. The number of carbonyl (C=O) groups excluding carboxylic acids is 6. The van der Waals surface area contributed by atoms with Gasteiger partial charge in [-0.2, -0.15) is 0 Å². The molecule has 1 aromatic heterocycles. The second-order valence-corrected chi connectivity index (χ2v) is 13.7. The Morgan fingerprint density at radius 2 is 1.73 bits per heavy atom. The summed E-state index contributed by atoms with van der Waals surface area (Å²) in [6, 6.07) is 9.16. The number of allylic oxidation sites excluding steroid dienone is 2. The summed E-state index contributed by atoms with van der Waals surface area (Å²) in [5.41, 5.74) is 5.05. The summed E-state index contributed by atoms with van der Waals surface area (Å²) >= 11 is 0. The Hall–Kier alpha value is -5.95. The van der Waals surface area contributed by atoms with Gasteiger partial charge in [-0.05, 0) is 94.8 Å². The van der Waals surface area contributed by atoms with E-state index in [4.69, 9.17) is 9.72 Å². The SMILES string of the molecule is C=CN(CC)C(=C)c1cccc(N2CC(=C(/C)CN(C)C(=O)COCCNc3ccc4c(c3)C(=O)N(C(CCC(C)=O)C(C)=O)C4=O)/C(=C\C(=C)C)C2=O)n1. The fraction of sp³-hybridized carbons (Fsp3) is 0.357. The van der Waals surface area contributed by atoms with Gasteiger partial charge >= 0.3 is 0 Å². The van der Waals surface area contributed by atoms with Gasteiger partial charge < -0.3 is 24.6 Å². The number of rotatable bonds is 19. The lowest BCUT2D eigenvalue weighted by atomic mass is 10.0. The molecule has 1 fully saturated rings. The maximum Gasteiger partial charge on any atom is 0.262 e. The van der Waals surface area contributed by atoms with Gasteiger partial charge in [0.05, 0.1) is 41.7 Å². The quantitative estimate of drug-likeness (QED) is 0.116. The number of hydrogen-bond acceptors (Lipinski definition) is 10. The maximum absolute atomic E-state index is 13.7. The normalized spacial score (nSPS) is 15.9. The summed E-state index contributed by atoms with van der Waals surface area (Å²) in [4.78, 5) is 87.5. The van der Waals surface area contributed by atoms with E-state index >= 15 is 0 Å². The van der Waals surface area contributed by atoms with Crippen LogP contribution < -0.4 is 10.2 Å². The van der Waals surface area contributed by atoms with Crippen molar-refractivity contribution in [3.63, 3.8) is 0 Å². The molecule has 13 heteroatoms. The summed E-state index contributed by atoms with van der Waals surface area (Å²) in [5, 5.41) is 3.13. The van der Waals surface area contributed by atoms with Gasteiger partial charge in [0.2, 0.25) is 5.91 Å². The monoisotopic (exact) mass is 750 g/mol. The zero-order valence-electron chi connectivity index (χ0n) is 32.6. The number of Topliss-reactive ketones (excluding diaryl/α,β-unsaturated/α-hetero) is 2. The highest BCUT2D eigenvalue weighted by atomic mass is 16.5. The number of fused-ring (bicyclic) bond motifs is 1. The van der Waals surface area contributed by atoms with Crippen LogP contribution >= 0.6 is 0 Å². The van der Waals surface area contributed by atoms with E-state index in [0.717, 1.165) is 16.0 Å². The lowest BCUT2D eigenvalue weighted by Crippen LogP contribution is -2.44. The van der Waals surface area contributed by atoms with Crippen LogP contribution in [0, 0.1) is 0 Å². The van der Waals surface area contributed by atoms with Crippen molar-refractivity contribution < 1.29 is 33.5 Å². The van der Waals surface area contributed by atoms with Crippen LogP contribution in [-0.4, -0.2) is 107 Å². The molecule has 2 aliphatic rings. The summed E-state index contributed by atoms with van der Waals surface area (Å²) in [5.74, 6) is -1.64. The van der Waals surface area contributed by atoms with Gasteiger partial charge in [-0.15, -0.1) is 0 Å². The second-order valence-electron chi connectivity index (χ2n) is 13.7. The number of nitrogens with zero attached hydrogens (tertiary/aromatic N) is 5. The van der Waals surface area contributed by atoms with Crippen molar-refractivity contribution in [1.29, 1.82) is 0 Å². The minimum atomic E-state index is -1.01. The molecule has 55 heavy (non-hydrogen) atoms. The van der Waals surface area contributed by atoms with Crippen LogP contribution in [0.15, 0.2) is 90.7 Å². The minimum Gasteiger partial charge on any atom is -0.383 e. The molecule has 1 N–H and O–H groups in total. The molecule has 0 aliphatic carbocycles. The number of carbonyl (C=O) groups is 6. The number of pyridine rings is 1. The van der Waals surface area contributed by atoms with E-state index in [2.05, 4.69) is 25.1 Å². The number of hydrogen-bond donors (Lipinski definition) is 1. The topological polar surface area (TPSA) is 150 Å². The molecule has 0 bridgehead atoms. The first kappa shape index (κ1) is 41.8. The van der Waals surface area contributed by atoms with Gasteiger partial charge in [-0.3, -0.25) is 33.8 Å². The molecule has 0 spiro atoms. The van der Waals surface area contributed by atoms with Crippen molar-refractivity contribution in [2.45, 2.75) is 53.5 Å². The summed E-state index contributed by atoms with van der Waals surface area (Å²) in [6.07, 6.45) is 3.59. The van der Waals surface area contributed by atoms with Crippen LogP contribution in [0.5, 0.6) is 0 Å². The van der Waals surface area contributed by atoms with Gasteiger partial charge in [0.25, 0.3) is 17.7 Å². The number of nitrogens with one attached hydrogen (secondary N) is 1. The first-order chi connectivity index (χ1) is 26.1. The highest BCUT2D eigenvalue weighted by Crippen LogP contribution is 2.32. The van der Waals surface area contributed by atoms with Crippen LogP contribution in [0.4, 0.5) is 11.5 Å². The molecule has 13 nitrogen and oxygen atoms in total. The average molecular weight is 751 g/mol. The smallest absolute Gasteiger partial charge is 0.262 e. The van der Waals surface area contributed by atoms with Crippen molar-refractivity contribution in [2.24, 2.45) is 0 Å². The Morgan fingerprint density at radius 1 is 1.02 bits per heavy atom. The number of anilines is 2. The molecule has 2 aromatic rings. The Labute approximate surface area is 322 Å². The molecule has 0 radical (unpaired) electrons. The molecule has 2 aliphatic heterocycles. The molecule has 0 saturated carbocycles. The fourth-order valence-electron chi connectivity index (χ4n) is 6.43. The number of imide groups is 1. The predicted molar refractivity (Wildman–Crippen MR) is 212 cm³/mol. The summed E-state index contributed by atoms with van der Waals surface area (Å²) in [7, 11) is 1.67. The van der Waals surface area contributed by atoms with Gasteiger partial charge in [0, 0.05) is 44.4 Å². The van der Waals surface area contributed by atoms with Gasteiger partial charge in [-0.25, -0.2) is 4.98 Å². The lowest BCUT2D eigenvalue weighted by molar-refractivity contribution is -0.134. The highest BCUT2D eigenvalue weighted by Gasteiger charge is 2.42. The molecular weight excluding hydrogens is 700 g/mol. The Kier molecular flexibility index (Phi) is 14.0.